The number of nitrogens with zero attached hydrogens (tertiary/aromatic N) is 2. The van der Waals surface area contributed by atoms with Crippen LogP contribution < -0.4 is 10.6 Å². The van der Waals surface area contributed by atoms with Crippen LogP contribution in [0.25, 0.3) is 0 Å². The van der Waals surface area contributed by atoms with Gasteiger partial charge in [0.15, 0.2) is 17.5 Å². The van der Waals surface area contributed by atoms with Gasteiger partial charge in [-0.3, -0.25) is 4.79 Å². The maximum atomic E-state index is 13.7. The number of aromatic nitrogens is 1. The first-order chi connectivity index (χ1) is 13.0. The van der Waals surface area contributed by atoms with Gasteiger partial charge in [-0.25, -0.2) is 18.2 Å². The monoisotopic (exact) mass is 368 g/mol. The number of carbonyl (C=O) groups is 1. The molecule has 27 heavy (non-hydrogen) atoms. The Bertz CT molecular complexity index is 1050. The van der Waals surface area contributed by atoms with Crippen LogP contribution in [0, 0.1) is 28.8 Å². The van der Waals surface area contributed by atoms with Gasteiger partial charge in [0.05, 0.1) is 29.1 Å². The molecule has 0 spiro atoms. The second-order valence-corrected chi connectivity index (χ2v) is 5.43. The molecule has 1 amide bonds. The summed E-state index contributed by atoms with van der Waals surface area (Å²) in [6.07, 6.45) is 1.41. The Morgan fingerprint density at radius 1 is 1.00 bits per heavy atom. The highest BCUT2D eigenvalue weighted by Gasteiger charge is 2.19. The van der Waals surface area contributed by atoms with Gasteiger partial charge in [0.1, 0.15) is 5.82 Å². The molecular formula is C19H11F3N4O. The molecule has 134 valence electrons. The number of halogens is 3. The smallest absolute Gasteiger partial charge is 0.259 e. The van der Waals surface area contributed by atoms with Crippen molar-refractivity contribution >= 4 is 23.1 Å². The highest BCUT2D eigenvalue weighted by Crippen LogP contribution is 2.19. The number of hydrogen-bond donors (Lipinski definition) is 2. The number of nitrogens with one attached hydrogen (secondary N) is 2. The molecule has 0 fully saturated rings. The molecule has 2 N–H and O–H groups in total. The predicted molar refractivity (Wildman–Crippen MR) is 92.9 cm³/mol. The summed E-state index contributed by atoms with van der Waals surface area (Å²) in [6, 6.07) is 13.4. The second kappa shape index (κ2) is 7.58. The standard InChI is InChI=1S/C19H11F3N4O/c20-15-6-5-14(17(21)18(15)22)19(27)26-16-7-4-13(10-24-16)25-12-3-1-2-11(8-12)9-23/h1-8,10,25H,(H,24,26,27). The zero-order chi connectivity index (χ0) is 19.4. The molecule has 0 bridgehead atoms. The molecule has 0 unspecified atom stereocenters. The van der Waals surface area contributed by atoms with Crippen LogP contribution in [0.2, 0.25) is 0 Å². The maximum Gasteiger partial charge on any atom is 0.259 e. The number of anilines is 3. The largest absolute Gasteiger partial charge is 0.354 e. The fraction of sp³-hybridized carbons (Fsp3) is 0. The highest BCUT2D eigenvalue weighted by atomic mass is 19.2. The highest BCUT2D eigenvalue weighted by molar-refractivity contribution is 6.04. The Balaban J connectivity index is 1.71. The number of hydrogen-bond acceptors (Lipinski definition) is 4. The van der Waals surface area contributed by atoms with Gasteiger partial charge in [-0.2, -0.15) is 5.26 Å². The SMILES string of the molecule is N#Cc1cccc(Nc2ccc(NC(=O)c3ccc(F)c(F)c3F)nc2)c1. The van der Waals surface area contributed by atoms with Gasteiger partial charge in [0.25, 0.3) is 5.91 Å². The quantitative estimate of drug-likeness (QED) is 0.671. The molecule has 3 rings (SSSR count). The first-order valence-corrected chi connectivity index (χ1v) is 7.66. The molecule has 2 aromatic carbocycles. The van der Waals surface area contributed by atoms with Crippen molar-refractivity contribution in [2.45, 2.75) is 0 Å². The van der Waals surface area contributed by atoms with E-state index in [-0.39, 0.29) is 5.82 Å². The number of nitriles is 1. The molecule has 0 aliphatic carbocycles. The van der Waals surface area contributed by atoms with Crippen LogP contribution >= 0.6 is 0 Å². The van der Waals surface area contributed by atoms with Gasteiger partial charge in [-0.1, -0.05) is 6.07 Å². The minimum atomic E-state index is -1.71. The van der Waals surface area contributed by atoms with Gasteiger partial charge >= 0.3 is 0 Å². The summed E-state index contributed by atoms with van der Waals surface area (Å²) in [5.74, 6) is -5.52. The summed E-state index contributed by atoms with van der Waals surface area (Å²) >= 11 is 0. The van der Waals surface area contributed by atoms with Crippen molar-refractivity contribution in [2.24, 2.45) is 0 Å². The summed E-state index contributed by atoms with van der Waals surface area (Å²) < 4.78 is 39.8. The average Bonchev–Trinajstić information content (AvgIpc) is 2.68. The Labute approximate surface area is 152 Å². The minimum Gasteiger partial charge on any atom is -0.354 e. The molecule has 5 nitrogen and oxygen atoms in total. The van der Waals surface area contributed by atoms with Crippen molar-refractivity contribution in [2.75, 3.05) is 10.6 Å². The van der Waals surface area contributed by atoms with Crippen molar-refractivity contribution in [3.8, 4) is 6.07 Å². The number of carbonyl (C=O) groups excluding carboxylic acids is 1. The lowest BCUT2D eigenvalue weighted by molar-refractivity contribution is 0.102. The minimum absolute atomic E-state index is 0.0976. The van der Waals surface area contributed by atoms with E-state index in [1.165, 1.54) is 12.3 Å². The van der Waals surface area contributed by atoms with E-state index in [2.05, 4.69) is 15.6 Å². The van der Waals surface area contributed by atoms with Gasteiger partial charge in [0.2, 0.25) is 0 Å². The number of benzene rings is 2. The molecule has 1 aromatic heterocycles. The Kier molecular flexibility index (Phi) is 5.04. The van der Waals surface area contributed by atoms with E-state index in [0.717, 1.165) is 6.07 Å². The Hall–Kier alpha value is -3.86. The van der Waals surface area contributed by atoms with E-state index >= 15 is 0 Å². The summed E-state index contributed by atoms with van der Waals surface area (Å²) in [7, 11) is 0. The Morgan fingerprint density at radius 2 is 1.81 bits per heavy atom. The molecule has 0 radical (unpaired) electrons. The van der Waals surface area contributed by atoms with E-state index in [0.29, 0.717) is 23.0 Å². The van der Waals surface area contributed by atoms with Crippen molar-refractivity contribution in [3.63, 3.8) is 0 Å². The molecular weight excluding hydrogens is 357 g/mol. The van der Waals surface area contributed by atoms with Crippen molar-refractivity contribution in [1.82, 2.24) is 4.98 Å². The van der Waals surface area contributed by atoms with E-state index in [9.17, 15) is 18.0 Å². The van der Waals surface area contributed by atoms with Gasteiger partial charge < -0.3 is 10.6 Å². The third-order valence-electron chi connectivity index (χ3n) is 3.57. The lowest BCUT2D eigenvalue weighted by atomic mass is 10.2. The molecule has 0 saturated carbocycles. The summed E-state index contributed by atoms with van der Waals surface area (Å²) in [5.41, 5.74) is 1.12. The van der Waals surface area contributed by atoms with Crippen LogP contribution in [0.4, 0.5) is 30.4 Å². The van der Waals surface area contributed by atoms with Crippen LogP contribution in [-0.2, 0) is 0 Å². The van der Waals surface area contributed by atoms with E-state index in [1.807, 2.05) is 6.07 Å². The third kappa shape index (κ3) is 4.04. The molecule has 3 aromatic rings. The van der Waals surface area contributed by atoms with Gasteiger partial charge in [-0.15, -0.1) is 0 Å². The van der Waals surface area contributed by atoms with Crippen molar-refractivity contribution in [1.29, 1.82) is 5.26 Å². The number of amides is 1. The summed E-state index contributed by atoms with van der Waals surface area (Å²) in [6.45, 7) is 0. The molecule has 0 aliphatic heterocycles. The normalized spacial score (nSPS) is 10.1. The fourth-order valence-electron chi connectivity index (χ4n) is 2.26. The molecule has 0 aliphatic rings. The molecule has 0 saturated heterocycles. The van der Waals surface area contributed by atoms with Crippen LogP contribution in [0.5, 0.6) is 0 Å². The zero-order valence-corrected chi connectivity index (χ0v) is 13.6. The fourth-order valence-corrected chi connectivity index (χ4v) is 2.26. The zero-order valence-electron chi connectivity index (χ0n) is 13.6. The molecule has 0 atom stereocenters. The van der Waals surface area contributed by atoms with E-state index in [1.54, 1.807) is 30.3 Å². The van der Waals surface area contributed by atoms with Gasteiger partial charge in [-0.05, 0) is 42.5 Å². The number of rotatable bonds is 4. The van der Waals surface area contributed by atoms with Gasteiger partial charge in [0, 0.05) is 5.69 Å². The van der Waals surface area contributed by atoms with E-state index in [4.69, 9.17) is 5.26 Å². The van der Waals surface area contributed by atoms with Crippen LogP contribution in [0.15, 0.2) is 54.7 Å². The third-order valence-corrected chi connectivity index (χ3v) is 3.57. The second-order valence-electron chi connectivity index (χ2n) is 5.43. The first kappa shape index (κ1) is 17.9. The van der Waals surface area contributed by atoms with Crippen molar-refractivity contribution < 1.29 is 18.0 Å². The predicted octanol–water partition coefficient (Wildman–Crippen LogP) is 4.37. The summed E-state index contributed by atoms with van der Waals surface area (Å²) in [5, 5.41) is 14.2. The topological polar surface area (TPSA) is 77.8 Å². The molecule has 1 heterocycles. The maximum absolute atomic E-state index is 13.7. The Morgan fingerprint density at radius 3 is 2.52 bits per heavy atom. The lowest BCUT2D eigenvalue weighted by Crippen LogP contribution is -2.16. The van der Waals surface area contributed by atoms with E-state index < -0.39 is 28.9 Å². The summed E-state index contributed by atoms with van der Waals surface area (Å²) in [4.78, 5) is 16.0. The molecule has 8 heteroatoms. The number of pyridine rings is 1. The van der Waals surface area contributed by atoms with Crippen LogP contribution in [0.3, 0.4) is 0 Å². The average molecular weight is 368 g/mol. The van der Waals surface area contributed by atoms with Crippen LogP contribution in [-0.4, -0.2) is 10.9 Å². The lowest BCUT2D eigenvalue weighted by Gasteiger charge is -2.09. The van der Waals surface area contributed by atoms with Crippen molar-refractivity contribution in [3.05, 3.63) is 83.3 Å². The first-order valence-electron chi connectivity index (χ1n) is 7.66. The van der Waals surface area contributed by atoms with Crippen LogP contribution in [0.1, 0.15) is 15.9 Å².